The van der Waals surface area contributed by atoms with Crippen molar-refractivity contribution in [3.63, 3.8) is 0 Å². The minimum Gasteiger partial charge on any atom is -0.491 e. The summed E-state index contributed by atoms with van der Waals surface area (Å²) < 4.78 is 11.8. The quantitative estimate of drug-likeness (QED) is 0.602. The van der Waals surface area contributed by atoms with E-state index in [4.69, 9.17) is 14.6 Å². The summed E-state index contributed by atoms with van der Waals surface area (Å²) >= 11 is 1.22. The van der Waals surface area contributed by atoms with Crippen molar-refractivity contribution < 1.29 is 24.2 Å². The van der Waals surface area contributed by atoms with Gasteiger partial charge in [0.2, 0.25) is 5.91 Å². The SMILES string of the molecule is COCCOc1cc(C)n(-c2nc(CC(=O)NCC(=O)O)cs2)c(=O)c1. The first-order valence-electron chi connectivity index (χ1n) is 7.69. The number of ether oxygens (including phenoxy) is 2. The van der Waals surface area contributed by atoms with Crippen LogP contribution in [-0.2, 0) is 20.7 Å². The van der Waals surface area contributed by atoms with Crippen molar-refractivity contribution in [2.24, 2.45) is 0 Å². The Morgan fingerprint density at radius 3 is 2.77 bits per heavy atom. The number of thiazole rings is 1. The van der Waals surface area contributed by atoms with E-state index in [1.165, 1.54) is 22.0 Å². The van der Waals surface area contributed by atoms with Crippen LogP contribution in [-0.4, -0.2) is 53.4 Å². The van der Waals surface area contributed by atoms with Crippen LogP contribution in [0.3, 0.4) is 0 Å². The molecular weight excluding hydrogens is 362 g/mol. The van der Waals surface area contributed by atoms with E-state index in [1.54, 1.807) is 25.5 Å². The zero-order valence-corrected chi connectivity index (χ0v) is 15.2. The summed E-state index contributed by atoms with van der Waals surface area (Å²) in [6.07, 6.45) is -0.0597. The first kappa shape index (κ1) is 19.6. The summed E-state index contributed by atoms with van der Waals surface area (Å²) in [6, 6.07) is 3.08. The van der Waals surface area contributed by atoms with Crippen molar-refractivity contribution >= 4 is 23.2 Å². The molecule has 0 fully saturated rings. The van der Waals surface area contributed by atoms with Crippen LogP contribution in [0.4, 0.5) is 0 Å². The van der Waals surface area contributed by atoms with E-state index in [1.807, 2.05) is 0 Å². The maximum atomic E-state index is 12.4. The van der Waals surface area contributed by atoms with E-state index in [0.29, 0.717) is 35.5 Å². The van der Waals surface area contributed by atoms with Gasteiger partial charge in [0.1, 0.15) is 18.9 Å². The smallest absolute Gasteiger partial charge is 0.322 e. The van der Waals surface area contributed by atoms with Crippen molar-refractivity contribution in [3.8, 4) is 10.9 Å². The minimum absolute atomic E-state index is 0.0597. The van der Waals surface area contributed by atoms with Gasteiger partial charge < -0.3 is 19.9 Å². The molecule has 0 aromatic carbocycles. The number of carbonyl (C=O) groups excluding carboxylic acids is 1. The molecule has 2 aromatic rings. The summed E-state index contributed by atoms with van der Waals surface area (Å²) in [5.41, 5.74) is 0.800. The van der Waals surface area contributed by atoms with Gasteiger partial charge in [0, 0.05) is 30.3 Å². The van der Waals surface area contributed by atoms with Crippen molar-refractivity contribution in [1.29, 1.82) is 0 Å². The fourth-order valence-electron chi connectivity index (χ4n) is 2.12. The van der Waals surface area contributed by atoms with Crippen molar-refractivity contribution in [2.45, 2.75) is 13.3 Å². The van der Waals surface area contributed by atoms with E-state index >= 15 is 0 Å². The Kier molecular flexibility index (Phi) is 6.87. The molecule has 0 unspecified atom stereocenters. The Bertz CT molecular complexity index is 845. The number of hydrogen-bond acceptors (Lipinski definition) is 7. The van der Waals surface area contributed by atoms with Gasteiger partial charge in [0.25, 0.3) is 5.56 Å². The maximum absolute atomic E-state index is 12.4. The summed E-state index contributed by atoms with van der Waals surface area (Å²) in [6.45, 7) is 2.07. The number of carbonyl (C=O) groups is 2. The van der Waals surface area contributed by atoms with Gasteiger partial charge in [-0.2, -0.15) is 0 Å². The molecule has 0 spiro atoms. The van der Waals surface area contributed by atoms with Crippen LogP contribution < -0.4 is 15.6 Å². The van der Waals surface area contributed by atoms with Gasteiger partial charge >= 0.3 is 5.97 Å². The molecule has 10 heteroatoms. The molecule has 0 saturated heterocycles. The molecule has 26 heavy (non-hydrogen) atoms. The average Bonchev–Trinajstić information content (AvgIpc) is 3.00. The van der Waals surface area contributed by atoms with Crippen molar-refractivity contribution in [2.75, 3.05) is 26.9 Å². The Balaban J connectivity index is 2.12. The summed E-state index contributed by atoms with van der Waals surface area (Å²) in [5.74, 6) is -1.12. The predicted octanol–water partition coefficient (Wildman–Crippen LogP) is 0.371. The lowest BCUT2D eigenvalue weighted by Crippen LogP contribution is -2.30. The van der Waals surface area contributed by atoms with Gasteiger partial charge in [-0.05, 0) is 6.92 Å². The highest BCUT2D eigenvalue weighted by Crippen LogP contribution is 2.18. The summed E-state index contributed by atoms with van der Waals surface area (Å²) in [7, 11) is 1.56. The number of amides is 1. The fraction of sp³-hybridized carbons (Fsp3) is 0.375. The first-order valence-corrected chi connectivity index (χ1v) is 8.57. The lowest BCUT2D eigenvalue weighted by molar-refractivity contribution is -0.137. The molecule has 0 saturated carbocycles. The third-order valence-corrected chi connectivity index (χ3v) is 4.13. The highest BCUT2D eigenvalue weighted by Gasteiger charge is 2.13. The van der Waals surface area contributed by atoms with Gasteiger partial charge in [0.05, 0.1) is 18.7 Å². The molecule has 0 atom stereocenters. The topological polar surface area (TPSA) is 120 Å². The molecule has 9 nitrogen and oxygen atoms in total. The molecule has 0 aliphatic carbocycles. The third-order valence-electron chi connectivity index (χ3n) is 3.26. The summed E-state index contributed by atoms with van der Waals surface area (Å²) in [5, 5.41) is 12.9. The fourth-order valence-corrected chi connectivity index (χ4v) is 3.01. The number of nitrogens with zero attached hydrogens (tertiary/aromatic N) is 2. The Hall–Kier alpha value is -2.72. The van der Waals surface area contributed by atoms with Crippen LogP contribution in [0.1, 0.15) is 11.4 Å². The number of carboxylic acid groups (broad SMARTS) is 1. The van der Waals surface area contributed by atoms with Gasteiger partial charge in [-0.3, -0.25) is 19.0 Å². The van der Waals surface area contributed by atoms with Crippen LogP contribution >= 0.6 is 11.3 Å². The highest BCUT2D eigenvalue weighted by molar-refractivity contribution is 7.12. The molecule has 2 rings (SSSR count). The normalized spacial score (nSPS) is 10.5. The molecule has 0 aliphatic heterocycles. The maximum Gasteiger partial charge on any atom is 0.322 e. The Morgan fingerprint density at radius 2 is 2.12 bits per heavy atom. The number of hydrogen-bond donors (Lipinski definition) is 2. The number of carboxylic acids is 1. The first-order chi connectivity index (χ1) is 12.4. The highest BCUT2D eigenvalue weighted by atomic mass is 32.1. The lowest BCUT2D eigenvalue weighted by Gasteiger charge is -2.10. The molecule has 1 amide bonds. The number of nitrogens with one attached hydrogen (secondary N) is 1. The van der Waals surface area contributed by atoms with Crippen molar-refractivity contribution in [1.82, 2.24) is 14.9 Å². The molecule has 0 bridgehead atoms. The van der Waals surface area contributed by atoms with Crippen LogP contribution in [0.2, 0.25) is 0 Å². The molecule has 140 valence electrons. The second-order valence-electron chi connectivity index (χ2n) is 5.32. The van der Waals surface area contributed by atoms with Crippen LogP contribution in [0.15, 0.2) is 22.3 Å². The number of aliphatic carboxylic acids is 1. The van der Waals surface area contributed by atoms with E-state index in [9.17, 15) is 14.4 Å². The number of methoxy groups -OCH3 is 1. The predicted molar refractivity (Wildman–Crippen MR) is 94.2 cm³/mol. The second-order valence-corrected chi connectivity index (χ2v) is 6.15. The van der Waals surface area contributed by atoms with Crippen molar-refractivity contribution in [3.05, 3.63) is 39.3 Å². The Labute approximate surface area is 153 Å². The minimum atomic E-state index is -1.12. The van der Waals surface area contributed by atoms with E-state index in [2.05, 4.69) is 10.3 Å². The monoisotopic (exact) mass is 381 g/mol. The third kappa shape index (κ3) is 5.39. The van der Waals surface area contributed by atoms with Gasteiger partial charge in [-0.25, -0.2) is 4.98 Å². The number of rotatable bonds is 9. The number of aromatic nitrogens is 2. The summed E-state index contributed by atoms with van der Waals surface area (Å²) in [4.78, 5) is 38.8. The van der Waals surface area contributed by atoms with Gasteiger partial charge in [-0.1, -0.05) is 0 Å². The van der Waals surface area contributed by atoms with E-state index in [-0.39, 0.29) is 12.0 Å². The van der Waals surface area contributed by atoms with E-state index in [0.717, 1.165) is 0 Å². The number of aryl methyl sites for hydroxylation is 1. The Morgan fingerprint density at radius 1 is 1.35 bits per heavy atom. The van der Waals surface area contributed by atoms with Crippen LogP contribution in [0.25, 0.3) is 5.13 Å². The van der Waals surface area contributed by atoms with Crippen LogP contribution in [0.5, 0.6) is 5.75 Å². The standard InChI is InChI=1S/C16H19N3O6S/c1-10-5-12(25-4-3-24-2)7-14(21)19(10)16-18-11(9-26-16)6-13(20)17-8-15(22)23/h5,7,9H,3-4,6,8H2,1-2H3,(H,17,20)(H,22,23). The van der Waals surface area contributed by atoms with Gasteiger partial charge in [-0.15, -0.1) is 11.3 Å². The van der Waals surface area contributed by atoms with E-state index < -0.39 is 18.4 Å². The zero-order chi connectivity index (χ0) is 19.1. The molecule has 2 N–H and O–H groups in total. The van der Waals surface area contributed by atoms with Crippen LogP contribution in [0, 0.1) is 6.92 Å². The zero-order valence-electron chi connectivity index (χ0n) is 14.4. The molecule has 2 aromatic heterocycles. The molecule has 2 heterocycles. The average molecular weight is 381 g/mol. The number of pyridine rings is 1. The second kappa shape index (κ2) is 9.11. The molecular formula is C16H19N3O6S. The lowest BCUT2D eigenvalue weighted by atomic mass is 10.3. The molecule has 0 aliphatic rings. The molecule has 0 radical (unpaired) electrons. The van der Waals surface area contributed by atoms with Gasteiger partial charge in [0.15, 0.2) is 5.13 Å². The largest absolute Gasteiger partial charge is 0.491 e.